The summed E-state index contributed by atoms with van der Waals surface area (Å²) >= 11 is 0. The van der Waals surface area contributed by atoms with Gasteiger partial charge in [-0.1, -0.05) is 226 Å². The van der Waals surface area contributed by atoms with Gasteiger partial charge in [0.15, 0.2) is 0 Å². The fourth-order valence-corrected chi connectivity index (χ4v) is 14.2. The van der Waals surface area contributed by atoms with Crippen molar-refractivity contribution < 1.29 is 0 Å². The van der Waals surface area contributed by atoms with E-state index >= 15 is 0 Å². The van der Waals surface area contributed by atoms with Crippen molar-refractivity contribution in [2.24, 2.45) is 0 Å². The van der Waals surface area contributed by atoms with Crippen molar-refractivity contribution in [1.29, 1.82) is 0 Å². The Morgan fingerprint density at radius 2 is 0.588 bits per heavy atom. The van der Waals surface area contributed by atoms with Crippen molar-refractivity contribution in [3.05, 3.63) is 153 Å². The molecule has 80 heavy (non-hydrogen) atoms. The molecule has 2 aliphatic heterocycles. The van der Waals surface area contributed by atoms with Gasteiger partial charge in [-0.3, -0.25) is 0 Å². The fraction of sp³-hybridized carbons (Fsp3) is 0.447. The molecule has 2 nitrogen and oxygen atoms in total. The molecule has 0 N–H and O–H groups in total. The molecule has 2 aromatic heterocycles. The maximum atomic E-state index is 2.75. The van der Waals surface area contributed by atoms with Gasteiger partial charge >= 0.3 is 0 Å². The Labute approximate surface area is 483 Å². The van der Waals surface area contributed by atoms with E-state index in [1.165, 1.54) is 143 Å². The third-order valence-electron chi connectivity index (χ3n) is 19.1. The van der Waals surface area contributed by atoms with Crippen molar-refractivity contribution in [2.45, 2.75) is 223 Å². The first-order valence-corrected chi connectivity index (χ1v) is 31.0. The molecule has 4 heteroatoms. The van der Waals surface area contributed by atoms with E-state index in [1.54, 1.807) is 0 Å². The molecule has 0 atom stereocenters. The molecule has 0 fully saturated rings. The van der Waals surface area contributed by atoms with E-state index in [1.807, 2.05) is 0 Å². The van der Waals surface area contributed by atoms with Crippen LogP contribution in [-0.2, 0) is 21.7 Å². The van der Waals surface area contributed by atoms with Gasteiger partial charge in [0, 0.05) is 44.0 Å². The van der Waals surface area contributed by atoms with Crippen molar-refractivity contribution in [2.75, 3.05) is 0 Å². The highest BCUT2D eigenvalue weighted by Gasteiger charge is 2.44. The van der Waals surface area contributed by atoms with Crippen LogP contribution >= 0.6 is 0 Å². The second kappa shape index (κ2) is 18.9. The van der Waals surface area contributed by atoms with Crippen LogP contribution in [0.15, 0.2) is 97.1 Å². The van der Waals surface area contributed by atoms with E-state index in [0.29, 0.717) is 35.5 Å². The zero-order valence-corrected chi connectivity index (χ0v) is 53.8. The summed E-state index contributed by atoms with van der Waals surface area (Å²) in [7, 11) is 0. The zero-order valence-electron chi connectivity index (χ0n) is 53.8. The molecule has 7 aromatic carbocycles. The summed E-state index contributed by atoms with van der Waals surface area (Å²) in [5.41, 5.74) is 30.8. The minimum Gasteiger partial charge on any atom is -0.310 e. The molecular formula is C76H94B2N2. The Hall–Kier alpha value is -5.73. The van der Waals surface area contributed by atoms with Gasteiger partial charge in [-0.15, -0.1) is 0 Å². The molecule has 0 spiro atoms. The lowest BCUT2D eigenvalue weighted by Crippen LogP contribution is -2.62. The standard InChI is InChI=1S/C76H94B2N2/c1-41(2)47-29-53(43(5)6)69(54(30-47)44(7)8)77-61-39-68-62(40-67(61)79-65-27-25-49(73(13,14)15)33-57(65)59-35-51(75(19,20)21)37-63(77)71(59)79)78(70-55(45(9)10)31-48(42(3)4)32-56(70)46(11)12)64-38-52(76(22,23)24)36-60-58-34-50(74(16,17)18)26-28-66(58)80(68)72(60)64/h25-46H,1-24H3. The predicted octanol–water partition coefficient (Wildman–Crippen LogP) is 17.5. The highest BCUT2D eigenvalue weighted by molar-refractivity contribution is 7.00. The molecule has 0 unspecified atom stereocenters. The van der Waals surface area contributed by atoms with E-state index in [2.05, 4.69) is 272 Å². The molecule has 0 bridgehead atoms. The summed E-state index contributed by atoms with van der Waals surface area (Å²) in [5, 5.41) is 5.45. The van der Waals surface area contributed by atoms with Gasteiger partial charge in [0.1, 0.15) is 0 Å². The highest BCUT2D eigenvalue weighted by Crippen LogP contribution is 2.43. The number of aromatic nitrogens is 2. The van der Waals surface area contributed by atoms with Crippen LogP contribution in [0.25, 0.3) is 55.0 Å². The number of rotatable bonds is 8. The highest BCUT2D eigenvalue weighted by atomic mass is 15.0. The van der Waals surface area contributed by atoms with E-state index < -0.39 is 0 Å². The summed E-state index contributed by atoms with van der Waals surface area (Å²) in [6, 6.07) is 41.3. The summed E-state index contributed by atoms with van der Waals surface area (Å²) in [4.78, 5) is 0. The first-order chi connectivity index (χ1) is 37.2. The predicted molar refractivity (Wildman–Crippen MR) is 357 cm³/mol. The van der Waals surface area contributed by atoms with Gasteiger partial charge in [-0.05, 0) is 183 Å². The maximum absolute atomic E-state index is 2.75. The van der Waals surface area contributed by atoms with Crippen LogP contribution in [0.3, 0.4) is 0 Å². The Kier molecular flexibility index (Phi) is 13.3. The maximum Gasteiger partial charge on any atom is 0.247 e. The summed E-state index contributed by atoms with van der Waals surface area (Å²) in [6.45, 7) is 57.8. The smallest absolute Gasteiger partial charge is 0.247 e. The Bertz CT molecular complexity index is 3680. The number of hydrogen-bond acceptors (Lipinski definition) is 0. The lowest BCUT2D eigenvalue weighted by molar-refractivity contribution is 0.590. The van der Waals surface area contributed by atoms with Gasteiger partial charge in [-0.25, -0.2) is 0 Å². The van der Waals surface area contributed by atoms with Crippen LogP contribution in [0.1, 0.15) is 257 Å². The Morgan fingerprint density at radius 1 is 0.300 bits per heavy atom. The second-order valence-electron chi connectivity index (χ2n) is 31.0. The molecular weight excluding hydrogens is 962 g/mol. The molecule has 0 radical (unpaired) electrons. The quantitative estimate of drug-likeness (QED) is 0.134. The first kappa shape index (κ1) is 56.1. The topological polar surface area (TPSA) is 9.86 Å². The van der Waals surface area contributed by atoms with Crippen LogP contribution in [0, 0.1) is 0 Å². The van der Waals surface area contributed by atoms with Crippen LogP contribution < -0.4 is 32.8 Å². The molecule has 2 aliphatic rings. The SMILES string of the molecule is CC(C)c1cc(C(C)C)c(B2c3cc4c(cc3-n3c5ccc(C(C)(C)C)cc5c5cc(C(C)(C)C)cc2c53)B(c2c(C(C)C)cc(C(C)C)cc2C(C)C)c2cc(C(C)(C)C)cc3c5cc(C(C)(C)C)ccc5n-4c23)c(C(C)C)c1. The molecule has 11 rings (SSSR count). The lowest BCUT2D eigenvalue weighted by Gasteiger charge is -2.37. The first-order valence-electron chi connectivity index (χ1n) is 31.0. The van der Waals surface area contributed by atoms with Crippen molar-refractivity contribution in [1.82, 2.24) is 9.13 Å². The van der Waals surface area contributed by atoms with Crippen LogP contribution in [0.4, 0.5) is 0 Å². The average Bonchev–Trinajstić information content (AvgIpc) is 3.88. The number of hydrogen-bond donors (Lipinski definition) is 0. The lowest BCUT2D eigenvalue weighted by atomic mass is 9.31. The third-order valence-corrected chi connectivity index (χ3v) is 19.1. The Balaban J connectivity index is 1.42. The van der Waals surface area contributed by atoms with Crippen molar-refractivity contribution in [3.8, 4) is 11.4 Å². The Morgan fingerprint density at radius 3 is 0.850 bits per heavy atom. The largest absolute Gasteiger partial charge is 0.310 e. The van der Waals surface area contributed by atoms with Gasteiger partial charge < -0.3 is 9.13 Å². The average molecular weight is 1060 g/mol. The molecule has 414 valence electrons. The van der Waals surface area contributed by atoms with E-state index in [9.17, 15) is 0 Å². The van der Waals surface area contributed by atoms with Gasteiger partial charge in [0.05, 0.1) is 11.0 Å². The van der Waals surface area contributed by atoms with Crippen LogP contribution in [0.2, 0.25) is 0 Å². The van der Waals surface area contributed by atoms with Crippen molar-refractivity contribution >= 4 is 89.8 Å². The number of fused-ring (bicyclic) bond motifs is 10. The van der Waals surface area contributed by atoms with E-state index in [0.717, 1.165) is 0 Å². The third kappa shape index (κ3) is 8.80. The second-order valence-corrected chi connectivity index (χ2v) is 31.0. The minimum absolute atomic E-state index is 0.0122. The zero-order chi connectivity index (χ0) is 58.1. The number of benzene rings is 7. The fourth-order valence-electron chi connectivity index (χ4n) is 14.2. The minimum atomic E-state index is -0.0809. The molecule has 0 saturated heterocycles. The van der Waals surface area contributed by atoms with Gasteiger partial charge in [0.25, 0.3) is 0 Å². The molecule has 0 saturated carbocycles. The summed E-state index contributed by atoms with van der Waals surface area (Å²) in [5.74, 6) is 2.12. The molecule has 0 aliphatic carbocycles. The molecule has 4 heterocycles. The normalized spacial score (nSPS) is 14.1. The van der Waals surface area contributed by atoms with Crippen molar-refractivity contribution in [3.63, 3.8) is 0 Å². The molecule has 0 amide bonds. The van der Waals surface area contributed by atoms with Gasteiger partial charge in [0.2, 0.25) is 13.4 Å². The summed E-state index contributed by atoms with van der Waals surface area (Å²) in [6.07, 6.45) is 0. The molecule has 9 aromatic rings. The van der Waals surface area contributed by atoms with E-state index in [4.69, 9.17) is 0 Å². The monoisotopic (exact) mass is 1060 g/mol. The number of nitrogens with zero attached hydrogens (tertiary/aromatic N) is 2. The van der Waals surface area contributed by atoms with Crippen LogP contribution in [0.5, 0.6) is 0 Å². The van der Waals surface area contributed by atoms with Gasteiger partial charge in [-0.2, -0.15) is 0 Å². The summed E-state index contributed by atoms with van der Waals surface area (Å²) < 4.78 is 5.51. The van der Waals surface area contributed by atoms with Crippen LogP contribution in [-0.4, -0.2) is 22.6 Å². The van der Waals surface area contributed by atoms with E-state index in [-0.39, 0.29) is 35.1 Å².